The van der Waals surface area contributed by atoms with Crippen LogP contribution in [0.2, 0.25) is 0 Å². The molecule has 7 unspecified atom stereocenters. The first-order chi connectivity index (χ1) is 23.1. The van der Waals surface area contributed by atoms with Gasteiger partial charge in [0.05, 0.1) is 18.1 Å². The molecular weight excluding hydrogens is 604 g/mol. The van der Waals surface area contributed by atoms with Gasteiger partial charge < -0.3 is 9.47 Å². The fraction of sp³-hybridized carbons (Fsp3) is 0.600. The van der Waals surface area contributed by atoms with Gasteiger partial charge in [0.25, 0.3) is 0 Å². The minimum Gasteiger partial charge on any atom is -0.465 e. The number of esters is 2. The van der Waals surface area contributed by atoms with Crippen molar-refractivity contribution in [1.29, 1.82) is 0 Å². The standard InChI is InChI=1S/C45H58O4/c1-40(2)24-26-45(39(47)49-29-30-12-10-9-11-13-30)27-25-43(6)34(35(45)28-40)18-19-37-42(5)22-20-33(31-14-16-32(17-15-31)38(46)48-8)41(3,4)36(42)21-23-44(37,43)7/h9-18,20,35-37H,19,21-29H2,1-8H3. The number of benzene rings is 2. The Morgan fingerprint density at radius 3 is 2.18 bits per heavy atom. The lowest BCUT2D eigenvalue weighted by Gasteiger charge is -2.70. The van der Waals surface area contributed by atoms with Crippen molar-refractivity contribution in [3.05, 3.63) is 89.0 Å². The molecule has 0 saturated heterocycles. The lowest BCUT2D eigenvalue weighted by molar-refractivity contribution is -0.182. The van der Waals surface area contributed by atoms with E-state index < -0.39 is 5.41 Å². The molecule has 0 aromatic heterocycles. The molecule has 0 spiro atoms. The zero-order valence-corrected chi connectivity index (χ0v) is 31.3. The minimum absolute atomic E-state index is 0.00360. The summed E-state index contributed by atoms with van der Waals surface area (Å²) in [7, 11) is 1.44. The second kappa shape index (κ2) is 11.7. The van der Waals surface area contributed by atoms with Crippen molar-refractivity contribution in [3.63, 3.8) is 0 Å². The van der Waals surface area contributed by atoms with E-state index in [1.807, 2.05) is 30.3 Å². The number of carbonyl (C=O) groups is 2. The van der Waals surface area contributed by atoms with E-state index in [1.165, 1.54) is 31.1 Å². The van der Waals surface area contributed by atoms with Crippen LogP contribution in [0.4, 0.5) is 0 Å². The molecule has 7 rings (SSSR count). The van der Waals surface area contributed by atoms with Crippen LogP contribution in [-0.2, 0) is 20.9 Å². The van der Waals surface area contributed by atoms with Gasteiger partial charge >= 0.3 is 11.9 Å². The highest BCUT2D eigenvalue weighted by Gasteiger charge is 2.69. The smallest absolute Gasteiger partial charge is 0.337 e. The molecule has 4 heteroatoms. The van der Waals surface area contributed by atoms with Gasteiger partial charge in [-0.3, -0.25) is 4.79 Å². The molecule has 7 atom stereocenters. The first kappa shape index (κ1) is 34.3. The summed E-state index contributed by atoms with van der Waals surface area (Å²) in [6.45, 7) is 17.9. The maximum absolute atomic E-state index is 14.3. The van der Waals surface area contributed by atoms with Crippen LogP contribution >= 0.6 is 0 Å². The molecule has 2 aromatic carbocycles. The number of rotatable bonds is 5. The SMILES string of the molecule is COC(=O)c1ccc(C2=CCC3(C)C(CCC4(C)C3CC=C3C5CC(C)(C)CCC5(C(=O)OCc5ccccc5)CCC34C)C2(C)C)cc1. The monoisotopic (exact) mass is 662 g/mol. The van der Waals surface area contributed by atoms with Crippen LogP contribution < -0.4 is 0 Å². The third-order valence-electron chi connectivity index (χ3n) is 15.5. The van der Waals surface area contributed by atoms with E-state index in [0.717, 1.165) is 50.5 Å². The van der Waals surface area contributed by atoms with Crippen LogP contribution in [0.15, 0.2) is 72.3 Å². The van der Waals surface area contributed by atoms with E-state index in [9.17, 15) is 9.59 Å². The van der Waals surface area contributed by atoms with Crippen molar-refractivity contribution in [2.24, 2.45) is 50.2 Å². The second-order valence-electron chi connectivity index (χ2n) is 18.5. The van der Waals surface area contributed by atoms with Crippen molar-refractivity contribution < 1.29 is 19.1 Å². The number of methoxy groups -OCH3 is 1. The van der Waals surface area contributed by atoms with Gasteiger partial charge in [-0.25, -0.2) is 4.79 Å². The normalized spacial score (nSPS) is 37.2. The van der Waals surface area contributed by atoms with E-state index in [-0.39, 0.29) is 44.9 Å². The number of allylic oxidation sites excluding steroid dienone is 4. The average Bonchev–Trinajstić information content (AvgIpc) is 3.07. The highest BCUT2D eigenvalue weighted by atomic mass is 16.5. The van der Waals surface area contributed by atoms with Gasteiger partial charge in [-0.1, -0.05) is 109 Å². The van der Waals surface area contributed by atoms with Crippen LogP contribution in [0.1, 0.15) is 128 Å². The molecular formula is C45H58O4. The summed E-state index contributed by atoms with van der Waals surface area (Å²) in [6, 6.07) is 18.2. The molecule has 262 valence electrons. The molecule has 2 aromatic rings. The highest BCUT2D eigenvalue weighted by Crippen LogP contribution is 2.76. The van der Waals surface area contributed by atoms with Gasteiger partial charge in [0, 0.05) is 0 Å². The van der Waals surface area contributed by atoms with Crippen LogP contribution in [0.25, 0.3) is 5.57 Å². The first-order valence-corrected chi connectivity index (χ1v) is 18.9. The Morgan fingerprint density at radius 2 is 1.49 bits per heavy atom. The van der Waals surface area contributed by atoms with Gasteiger partial charge in [0.1, 0.15) is 6.61 Å². The number of hydrogen-bond donors (Lipinski definition) is 0. The Labute approximate surface area is 295 Å². The molecule has 5 aliphatic carbocycles. The van der Waals surface area contributed by atoms with Crippen LogP contribution in [0.3, 0.4) is 0 Å². The summed E-state index contributed by atoms with van der Waals surface area (Å²) in [6.07, 6.45) is 14.8. The Hall–Kier alpha value is -3.14. The molecule has 4 nitrogen and oxygen atoms in total. The number of carbonyl (C=O) groups excluding carboxylic acids is 2. The fourth-order valence-electron chi connectivity index (χ4n) is 12.5. The zero-order chi connectivity index (χ0) is 35.0. The predicted molar refractivity (Wildman–Crippen MR) is 196 cm³/mol. The average molecular weight is 663 g/mol. The molecule has 0 amide bonds. The topological polar surface area (TPSA) is 52.6 Å². The summed E-state index contributed by atoms with van der Waals surface area (Å²) in [5, 5.41) is 0. The van der Waals surface area contributed by atoms with Gasteiger partial charge in [-0.15, -0.1) is 0 Å². The van der Waals surface area contributed by atoms with Crippen molar-refractivity contribution in [3.8, 4) is 0 Å². The Kier molecular flexibility index (Phi) is 8.20. The summed E-state index contributed by atoms with van der Waals surface area (Å²) in [5.41, 5.74) is 6.05. The molecule has 5 aliphatic rings. The Morgan fingerprint density at radius 1 is 0.796 bits per heavy atom. The summed E-state index contributed by atoms with van der Waals surface area (Å²) in [5.74, 6) is 1.11. The first-order valence-electron chi connectivity index (χ1n) is 18.9. The van der Waals surface area contributed by atoms with Gasteiger partial charge in [0.2, 0.25) is 0 Å². The quantitative estimate of drug-likeness (QED) is 0.236. The van der Waals surface area contributed by atoms with Crippen molar-refractivity contribution in [1.82, 2.24) is 0 Å². The number of fused-ring (bicyclic) bond motifs is 7. The second-order valence-corrected chi connectivity index (χ2v) is 18.5. The third kappa shape index (κ3) is 5.12. The lowest BCUT2D eigenvalue weighted by Crippen LogP contribution is -2.63. The van der Waals surface area contributed by atoms with E-state index >= 15 is 0 Å². The van der Waals surface area contributed by atoms with Crippen LogP contribution in [-0.4, -0.2) is 19.0 Å². The largest absolute Gasteiger partial charge is 0.465 e. The van der Waals surface area contributed by atoms with E-state index in [4.69, 9.17) is 9.47 Å². The fourth-order valence-corrected chi connectivity index (χ4v) is 12.5. The van der Waals surface area contributed by atoms with Crippen LogP contribution in [0, 0.1) is 50.2 Å². The molecule has 49 heavy (non-hydrogen) atoms. The Balaban J connectivity index is 1.22. The summed E-state index contributed by atoms with van der Waals surface area (Å²) < 4.78 is 11.2. The lowest BCUT2D eigenvalue weighted by atomic mass is 9.33. The van der Waals surface area contributed by atoms with Gasteiger partial charge in [-0.2, -0.15) is 0 Å². The maximum Gasteiger partial charge on any atom is 0.337 e. The molecule has 0 aliphatic heterocycles. The maximum atomic E-state index is 14.3. The molecule has 0 radical (unpaired) electrons. The molecule has 3 fully saturated rings. The zero-order valence-electron chi connectivity index (χ0n) is 31.3. The predicted octanol–water partition coefficient (Wildman–Crippen LogP) is 11.0. The van der Waals surface area contributed by atoms with Gasteiger partial charge in [-0.05, 0) is 131 Å². The third-order valence-corrected chi connectivity index (χ3v) is 15.5. The summed E-state index contributed by atoms with van der Waals surface area (Å²) in [4.78, 5) is 26.5. The van der Waals surface area contributed by atoms with Crippen molar-refractivity contribution in [2.45, 2.75) is 113 Å². The van der Waals surface area contributed by atoms with Crippen molar-refractivity contribution >= 4 is 17.5 Å². The molecule has 3 saturated carbocycles. The number of ether oxygens (including phenoxy) is 2. The molecule has 0 bridgehead atoms. The van der Waals surface area contributed by atoms with E-state index in [1.54, 1.807) is 5.57 Å². The van der Waals surface area contributed by atoms with Crippen molar-refractivity contribution in [2.75, 3.05) is 7.11 Å². The minimum atomic E-state index is -0.423. The highest BCUT2D eigenvalue weighted by molar-refractivity contribution is 5.90. The van der Waals surface area contributed by atoms with E-state index in [2.05, 4.69) is 84.9 Å². The summed E-state index contributed by atoms with van der Waals surface area (Å²) >= 11 is 0. The molecule has 0 N–H and O–H groups in total. The van der Waals surface area contributed by atoms with Crippen LogP contribution in [0.5, 0.6) is 0 Å². The Bertz CT molecular complexity index is 1680. The molecule has 0 heterocycles. The van der Waals surface area contributed by atoms with Gasteiger partial charge in [0.15, 0.2) is 0 Å². The number of hydrogen-bond acceptors (Lipinski definition) is 4. The van der Waals surface area contributed by atoms with E-state index in [0.29, 0.717) is 24.0 Å².